The van der Waals surface area contributed by atoms with Crippen LogP contribution in [0.1, 0.15) is 32.0 Å². The molecule has 0 radical (unpaired) electrons. The van der Waals surface area contributed by atoms with Gasteiger partial charge in [0.1, 0.15) is 0 Å². The van der Waals surface area contributed by atoms with Crippen LogP contribution in [0.4, 0.5) is 5.69 Å². The van der Waals surface area contributed by atoms with Gasteiger partial charge in [-0.15, -0.1) is 0 Å². The van der Waals surface area contributed by atoms with Crippen LogP contribution in [-0.2, 0) is 4.79 Å². The molecule has 1 heterocycles. The Hall–Kier alpha value is -1.85. The van der Waals surface area contributed by atoms with E-state index in [4.69, 9.17) is 5.73 Å². The second-order valence-electron chi connectivity index (χ2n) is 4.74. The molecule has 0 bridgehead atoms. The third kappa shape index (κ3) is 4.58. The van der Waals surface area contributed by atoms with Gasteiger partial charge in [-0.05, 0) is 42.8 Å². The molecule has 110 valence electrons. The van der Waals surface area contributed by atoms with Crippen LogP contribution >= 0.6 is 11.8 Å². The van der Waals surface area contributed by atoms with Gasteiger partial charge in [0.05, 0.1) is 5.69 Å². The lowest BCUT2D eigenvalue weighted by Gasteiger charge is -2.09. The largest absolute Gasteiger partial charge is 0.326 e. The number of aromatic nitrogens is 1. The molecular formula is C16H19N3OS. The Morgan fingerprint density at radius 3 is 2.43 bits per heavy atom. The predicted molar refractivity (Wildman–Crippen MR) is 86.3 cm³/mol. The first-order valence-electron chi connectivity index (χ1n) is 6.85. The SMILES string of the molecule is CCC(N)c1ccc(Sc2ccc(NC(C)=O)cc2)cn1. The van der Waals surface area contributed by atoms with E-state index in [1.54, 1.807) is 11.8 Å². The fourth-order valence-corrected chi connectivity index (χ4v) is 2.61. The fourth-order valence-electron chi connectivity index (χ4n) is 1.83. The first-order chi connectivity index (χ1) is 10.1. The van der Waals surface area contributed by atoms with Gasteiger partial charge in [-0.1, -0.05) is 18.7 Å². The molecule has 0 saturated carbocycles. The molecule has 2 rings (SSSR count). The summed E-state index contributed by atoms with van der Waals surface area (Å²) in [5, 5.41) is 2.75. The van der Waals surface area contributed by atoms with Gasteiger partial charge >= 0.3 is 0 Å². The van der Waals surface area contributed by atoms with Crippen LogP contribution in [0.15, 0.2) is 52.4 Å². The van der Waals surface area contributed by atoms with Crippen LogP contribution in [0, 0.1) is 0 Å². The zero-order valence-electron chi connectivity index (χ0n) is 12.2. The summed E-state index contributed by atoms with van der Waals surface area (Å²) in [7, 11) is 0. The van der Waals surface area contributed by atoms with E-state index < -0.39 is 0 Å². The van der Waals surface area contributed by atoms with E-state index in [1.807, 2.05) is 49.5 Å². The highest BCUT2D eigenvalue weighted by Gasteiger charge is 2.05. The number of nitrogens with two attached hydrogens (primary N) is 1. The summed E-state index contributed by atoms with van der Waals surface area (Å²) in [6.07, 6.45) is 2.72. The third-order valence-electron chi connectivity index (χ3n) is 2.99. The van der Waals surface area contributed by atoms with Crippen molar-refractivity contribution in [3.8, 4) is 0 Å². The first-order valence-corrected chi connectivity index (χ1v) is 7.67. The summed E-state index contributed by atoms with van der Waals surface area (Å²) in [5.41, 5.74) is 7.67. The van der Waals surface area contributed by atoms with E-state index in [2.05, 4.69) is 10.3 Å². The van der Waals surface area contributed by atoms with Gasteiger partial charge in [0.2, 0.25) is 5.91 Å². The van der Waals surface area contributed by atoms with E-state index in [0.717, 1.165) is 27.6 Å². The maximum atomic E-state index is 11.0. The van der Waals surface area contributed by atoms with Crippen molar-refractivity contribution in [3.63, 3.8) is 0 Å². The molecule has 0 aliphatic rings. The minimum Gasteiger partial charge on any atom is -0.326 e. The highest BCUT2D eigenvalue weighted by Crippen LogP contribution is 2.28. The summed E-state index contributed by atoms with van der Waals surface area (Å²) in [6, 6.07) is 11.7. The molecule has 1 atom stereocenters. The number of amides is 1. The summed E-state index contributed by atoms with van der Waals surface area (Å²) < 4.78 is 0. The van der Waals surface area contributed by atoms with Crippen LogP contribution in [0.5, 0.6) is 0 Å². The number of rotatable bonds is 5. The molecule has 0 aliphatic carbocycles. The maximum absolute atomic E-state index is 11.0. The Morgan fingerprint density at radius 1 is 1.24 bits per heavy atom. The Morgan fingerprint density at radius 2 is 1.90 bits per heavy atom. The first kappa shape index (κ1) is 15.5. The molecule has 5 heteroatoms. The second-order valence-corrected chi connectivity index (χ2v) is 5.89. The Balaban J connectivity index is 2.02. The van der Waals surface area contributed by atoms with E-state index in [-0.39, 0.29) is 11.9 Å². The van der Waals surface area contributed by atoms with Crippen LogP contribution in [-0.4, -0.2) is 10.9 Å². The van der Waals surface area contributed by atoms with Crippen molar-refractivity contribution >= 4 is 23.4 Å². The Bertz CT molecular complexity index is 596. The fraction of sp³-hybridized carbons (Fsp3) is 0.250. The number of hydrogen-bond donors (Lipinski definition) is 2. The molecule has 0 saturated heterocycles. The number of hydrogen-bond acceptors (Lipinski definition) is 4. The lowest BCUT2D eigenvalue weighted by atomic mass is 10.1. The molecule has 21 heavy (non-hydrogen) atoms. The van der Waals surface area contributed by atoms with Crippen molar-refractivity contribution in [1.82, 2.24) is 4.98 Å². The predicted octanol–water partition coefficient (Wildman–Crippen LogP) is 3.60. The number of benzene rings is 1. The average molecular weight is 301 g/mol. The van der Waals surface area contributed by atoms with Gasteiger partial charge in [0.25, 0.3) is 0 Å². The number of carbonyl (C=O) groups excluding carboxylic acids is 1. The molecule has 2 aromatic rings. The molecule has 1 aromatic carbocycles. The molecule has 3 N–H and O–H groups in total. The summed E-state index contributed by atoms with van der Waals surface area (Å²) in [4.78, 5) is 17.5. The number of nitrogens with zero attached hydrogens (tertiary/aromatic N) is 1. The molecule has 4 nitrogen and oxygen atoms in total. The second kappa shape index (κ2) is 7.24. The van der Waals surface area contributed by atoms with Crippen LogP contribution in [0.2, 0.25) is 0 Å². The number of carbonyl (C=O) groups is 1. The third-order valence-corrected chi connectivity index (χ3v) is 3.97. The van der Waals surface area contributed by atoms with E-state index in [0.29, 0.717) is 0 Å². The van der Waals surface area contributed by atoms with Crippen molar-refractivity contribution in [3.05, 3.63) is 48.3 Å². The van der Waals surface area contributed by atoms with Crippen molar-refractivity contribution in [2.45, 2.75) is 36.1 Å². The van der Waals surface area contributed by atoms with Gasteiger partial charge in [0.15, 0.2) is 0 Å². The normalized spacial score (nSPS) is 12.0. The molecule has 0 aliphatic heterocycles. The van der Waals surface area contributed by atoms with Crippen molar-refractivity contribution in [1.29, 1.82) is 0 Å². The van der Waals surface area contributed by atoms with Crippen LogP contribution < -0.4 is 11.1 Å². The van der Waals surface area contributed by atoms with Gasteiger partial charge in [0, 0.05) is 34.6 Å². The molecule has 0 fully saturated rings. The van der Waals surface area contributed by atoms with E-state index >= 15 is 0 Å². The summed E-state index contributed by atoms with van der Waals surface area (Å²) >= 11 is 1.63. The monoisotopic (exact) mass is 301 g/mol. The van der Waals surface area contributed by atoms with Crippen LogP contribution in [0.3, 0.4) is 0 Å². The van der Waals surface area contributed by atoms with Crippen molar-refractivity contribution in [2.75, 3.05) is 5.32 Å². The standard InChI is InChI=1S/C16H19N3OS/c1-3-15(17)16-9-8-14(10-18-16)21-13-6-4-12(5-7-13)19-11(2)20/h4-10,15H,3,17H2,1-2H3,(H,19,20). The smallest absolute Gasteiger partial charge is 0.221 e. The van der Waals surface area contributed by atoms with E-state index in [1.165, 1.54) is 6.92 Å². The highest BCUT2D eigenvalue weighted by molar-refractivity contribution is 7.99. The lowest BCUT2D eigenvalue weighted by molar-refractivity contribution is -0.114. The maximum Gasteiger partial charge on any atom is 0.221 e. The molecule has 1 unspecified atom stereocenters. The molecular weight excluding hydrogens is 282 g/mol. The number of nitrogens with one attached hydrogen (secondary N) is 1. The highest BCUT2D eigenvalue weighted by atomic mass is 32.2. The number of anilines is 1. The minimum atomic E-state index is -0.0672. The average Bonchev–Trinajstić information content (AvgIpc) is 2.49. The van der Waals surface area contributed by atoms with E-state index in [9.17, 15) is 4.79 Å². The van der Waals surface area contributed by atoms with Crippen molar-refractivity contribution in [2.24, 2.45) is 5.73 Å². The zero-order valence-corrected chi connectivity index (χ0v) is 13.0. The van der Waals surface area contributed by atoms with Crippen molar-refractivity contribution < 1.29 is 4.79 Å². The Kier molecular flexibility index (Phi) is 5.36. The molecule has 0 spiro atoms. The summed E-state index contributed by atoms with van der Waals surface area (Å²) in [5.74, 6) is -0.0672. The molecule has 1 aromatic heterocycles. The Labute approximate surface area is 129 Å². The topological polar surface area (TPSA) is 68.0 Å². The zero-order chi connectivity index (χ0) is 15.2. The van der Waals surface area contributed by atoms with Gasteiger partial charge in [-0.25, -0.2) is 0 Å². The van der Waals surface area contributed by atoms with Crippen LogP contribution in [0.25, 0.3) is 0 Å². The molecule has 1 amide bonds. The minimum absolute atomic E-state index is 0.000915. The van der Waals surface area contributed by atoms with Gasteiger partial charge < -0.3 is 11.1 Å². The number of pyridine rings is 1. The van der Waals surface area contributed by atoms with Gasteiger partial charge in [-0.3, -0.25) is 9.78 Å². The lowest BCUT2D eigenvalue weighted by Crippen LogP contribution is -2.10. The quantitative estimate of drug-likeness (QED) is 0.885. The van der Waals surface area contributed by atoms with Gasteiger partial charge in [-0.2, -0.15) is 0 Å². The summed E-state index contributed by atoms with van der Waals surface area (Å²) in [6.45, 7) is 3.54.